The highest BCUT2D eigenvalue weighted by molar-refractivity contribution is 7.19. The lowest BCUT2D eigenvalue weighted by molar-refractivity contribution is -0.159. The Morgan fingerprint density at radius 1 is 1.17 bits per heavy atom. The number of allylic oxidation sites excluding steroid dienone is 1. The standard InChI is InChI=1S/C31H33ClN6O2S/c1-36-26(19-2-3-19)15-27(39)38(30(36)40)16-22-14-25-29(41-22)23(4-8-35-25)24-13-21(32)12-20-5-11-37(28(20)24)18-31(17-33)6-9-34-10-7-31/h4-5,8,11-15,19,27,30,34,39-40H,2-3,6-7,9-10,16,18H2,1H3. The normalized spacial score (nSPS) is 23.2. The van der Waals surface area contributed by atoms with Gasteiger partial charge in [-0.05, 0) is 81.1 Å². The summed E-state index contributed by atoms with van der Waals surface area (Å²) in [6, 6.07) is 12.8. The van der Waals surface area contributed by atoms with Crippen molar-refractivity contribution in [3.8, 4) is 17.2 Å². The molecule has 0 spiro atoms. The van der Waals surface area contributed by atoms with Crippen LogP contribution in [-0.2, 0) is 13.1 Å². The van der Waals surface area contributed by atoms with Gasteiger partial charge in [0, 0.05) is 64.6 Å². The van der Waals surface area contributed by atoms with E-state index in [0.717, 1.165) is 81.6 Å². The first kappa shape index (κ1) is 26.9. The van der Waals surface area contributed by atoms with Crippen LogP contribution in [0.5, 0.6) is 0 Å². The van der Waals surface area contributed by atoms with Gasteiger partial charge in [-0.2, -0.15) is 5.26 Å². The molecule has 3 N–H and O–H groups in total. The lowest BCUT2D eigenvalue weighted by Gasteiger charge is -2.42. The third-order valence-electron chi connectivity index (χ3n) is 8.89. The van der Waals surface area contributed by atoms with Crippen molar-refractivity contribution in [3.63, 3.8) is 0 Å². The number of aliphatic hydroxyl groups excluding tert-OH is 2. The van der Waals surface area contributed by atoms with Crippen molar-refractivity contribution in [2.24, 2.45) is 11.3 Å². The van der Waals surface area contributed by atoms with E-state index < -0.39 is 18.0 Å². The lowest BCUT2D eigenvalue weighted by atomic mass is 9.80. The van der Waals surface area contributed by atoms with E-state index in [1.54, 1.807) is 16.2 Å². The van der Waals surface area contributed by atoms with E-state index >= 15 is 0 Å². The molecule has 1 saturated carbocycles. The predicted molar refractivity (Wildman–Crippen MR) is 162 cm³/mol. The van der Waals surface area contributed by atoms with Crippen molar-refractivity contribution in [2.75, 3.05) is 20.1 Å². The Kier molecular flexibility index (Phi) is 6.81. The molecule has 41 heavy (non-hydrogen) atoms. The molecular formula is C31H33ClN6O2S. The molecule has 1 aliphatic carbocycles. The van der Waals surface area contributed by atoms with E-state index in [0.29, 0.717) is 24.0 Å². The Balaban J connectivity index is 1.27. The molecule has 1 saturated heterocycles. The fourth-order valence-electron chi connectivity index (χ4n) is 6.48. The van der Waals surface area contributed by atoms with E-state index in [-0.39, 0.29) is 0 Å². The molecule has 212 valence electrons. The number of nitrogens with zero attached hydrogens (tertiary/aromatic N) is 5. The molecule has 10 heteroatoms. The summed E-state index contributed by atoms with van der Waals surface area (Å²) in [6.45, 7) is 2.72. The van der Waals surface area contributed by atoms with Gasteiger partial charge in [0.05, 0.1) is 27.2 Å². The second-order valence-electron chi connectivity index (χ2n) is 11.7. The van der Waals surface area contributed by atoms with Gasteiger partial charge in [-0.15, -0.1) is 11.3 Å². The van der Waals surface area contributed by atoms with Gasteiger partial charge < -0.3 is 25.0 Å². The number of aromatic nitrogens is 2. The average molecular weight is 589 g/mol. The monoisotopic (exact) mass is 588 g/mol. The van der Waals surface area contributed by atoms with Crippen LogP contribution in [0.25, 0.3) is 32.2 Å². The minimum Gasteiger partial charge on any atom is -0.374 e. The maximum atomic E-state index is 11.1. The molecule has 0 radical (unpaired) electrons. The summed E-state index contributed by atoms with van der Waals surface area (Å²) in [5.41, 5.74) is 4.58. The number of hydrogen-bond acceptors (Lipinski definition) is 8. The largest absolute Gasteiger partial charge is 0.374 e. The first-order valence-corrected chi connectivity index (χ1v) is 15.4. The molecule has 8 nitrogen and oxygen atoms in total. The van der Waals surface area contributed by atoms with Gasteiger partial charge in [0.25, 0.3) is 0 Å². The van der Waals surface area contributed by atoms with Crippen LogP contribution in [0.15, 0.2) is 54.5 Å². The molecule has 3 aliphatic rings. The van der Waals surface area contributed by atoms with Gasteiger partial charge in [0.2, 0.25) is 0 Å². The first-order valence-electron chi connectivity index (χ1n) is 14.2. The SMILES string of the molecule is CN1C(C2CC2)=CC(O)N(Cc2cc3nccc(-c4cc(Cl)cc5ccn(CC6(C#N)CCNCC6)c45)c3s2)C1O. The molecule has 5 heterocycles. The molecule has 2 unspecified atom stereocenters. The van der Waals surface area contributed by atoms with E-state index in [1.165, 1.54) is 0 Å². The van der Waals surface area contributed by atoms with Crippen LogP contribution in [0.3, 0.4) is 0 Å². The van der Waals surface area contributed by atoms with Gasteiger partial charge >= 0.3 is 0 Å². The Hall–Kier alpha value is -2.97. The smallest absolute Gasteiger partial charge is 0.188 e. The summed E-state index contributed by atoms with van der Waals surface area (Å²) in [5, 5.41) is 37.2. The second-order valence-corrected chi connectivity index (χ2v) is 13.2. The molecule has 4 aromatic rings. The Morgan fingerprint density at radius 2 is 1.98 bits per heavy atom. The molecule has 2 fully saturated rings. The van der Waals surface area contributed by atoms with Crippen molar-refractivity contribution in [1.29, 1.82) is 5.26 Å². The van der Waals surface area contributed by atoms with Crippen LogP contribution in [-0.4, -0.2) is 62.3 Å². The van der Waals surface area contributed by atoms with Gasteiger partial charge in [-0.3, -0.25) is 4.98 Å². The molecule has 0 bridgehead atoms. The molecule has 7 rings (SSSR count). The van der Waals surface area contributed by atoms with E-state index in [4.69, 9.17) is 11.6 Å². The maximum Gasteiger partial charge on any atom is 0.188 e. The van der Waals surface area contributed by atoms with Crippen molar-refractivity contribution in [3.05, 3.63) is 64.4 Å². The zero-order valence-corrected chi connectivity index (χ0v) is 24.5. The van der Waals surface area contributed by atoms with Crippen LogP contribution in [0.2, 0.25) is 5.02 Å². The van der Waals surface area contributed by atoms with Gasteiger partial charge in [-0.25, -0.2) is 4.90 Å². The average Bonchev–Trinajstić information content (AvgIpc) is 3.62. The van der Waals surface area contributed by atoms with Crippen LogP contribution < -0.4 is 5.32 Å². The predicted octanol–water partition coefficient (Wildman–Crippen LogP) is 5.10. The third kappa shape index (κ3) is 4.83. The van der Waals surface area contributed by atoms with Crippen LogP contribution in [0.4, 0.5) is 0 Å². The number of pyridine rings is 1. The fourth-order valence-corrected chi connectivity index (χ4v) is 7.86. The van der Waals surface area contributed by atoms with E-state index in [2.05, 4.69) is 33.2 Å². The van der Waals surface area contributed by atoms with Crippen molar-refractivity contribution in [1.82, 2.24) is 24.7 Å². The molecule has 3 aromatic heterocycles. The number of hydrogen-bond donors (Lipinski definition) is 3. The van der Waals surface area contributed by atoms with Crippen LogP contribution in [0.1, 0.15) is 30.6 Å². The molecule has 2 aliphatic heterocycles. The minimum absolute atomic E-state index is 0.391. The zero-order valence-electron chi connectivity index (χ0n) is 22.9. The summed E-state index contributed by atoms with van der Waals surface area (Å²) < 4.78 is 3.25. The molecular weight excluding hydrogens is 556 g/mol. The Labute approximate surface area is 248 Å². The van der Waals surface area contributed by atoms with Crippen molar-refractivity contribution < 1.29 is 10.2 Å². The van der Waals surface area contributed by atoms with E-state index in [1.807, 2.05) is 48.5 Å². The first-order chi connectivity index (χ1) is 19.9. The number of fused-ring (bicyclic) bond motifs is 2. The number of halogens is 1. The van der Waals surface area contributed by atoms with Crippen LogP contribution >= 0.6 is 22.9 Å². The van der Waals surface area contributed by atoms with Gasteiger partial charge in [0.15, 0.2) is 6.35 Å². The lowest BCUT2D eigenvalue weighted by Crippen LogP contribution is -2.53. The number of piperidine rings is 1. The Morgan fingerprint density at radius 3 is 2.73 bits per heavy atom. The maximum absolute atomic E-state index is 11.1. The number of rotatable bonds is 6. The van der Waals surface area contributed by atoms with Gasteiger partial charge in [0.1, 0.15) is 6.23 Å². The highest BCUT2D eigenvalue weighted by atomic mass is 35.5. The van der Waals surface area contributed by atoms with Crippen LogP contribution in [0, 0.1) is 22.7 Å². The molecule has 1 aromatic carbocycles. The van der Waals surface area contributed by atoms with Crippen molar-refractivity contribution >= 4 is 44.1 Å². The number of thiophene rings is 1. The number of nitrogens with one attached hydrogen (secondary N) is 1. The Bertz CT molecular complexity index is 1700. The summed E-state index contributed by atoms with van der Waals surface area (Å²) in [7, 11) is 1.89. The number of nitriles is 1. The van der Waals surface area contributed by atoms with Crippen molar-refractivity contribution in [2.45, 2.75) is 51.4 Å². The summed E-state index contributed by atoms with van der Waals surface area (Å²) in [5.74, 6) is 0.439. The van der Waals surface area contributed by atoms with Gasteiger partial charge in [-0.1, -0.05) is 11.6 Å². The summed E-state index contributed by atoms with van der Waals surface area (Å²) in [6.07, 6.45) is 7.86. The quantitative estimate of drug-likeness (QED) is 0.288. The highest BCUT2D eigenvalue weighted by Crippen LogP contribution is 2.43. The second kappa shape index (κ2) is 10.4. The highest BCUT2D eigenvalue weighted by Gasteiger charge is 2.38. The van der Waals surface area contributed by atoms with E-state index in [9.17, 15) is 15.5 Å². The summed E-state index contributed by atoms with van der Waals surface area (Å²) >= 11 is 8.27. The summed E-state index contributed by atoms with van der Waals surface area (Å²) in [4.78, 5) is 9.23. The molecule has 0 amide bonds. The molecule has 2 atom stereocenters. The number of aliphatic hydroxyl groups is 2. The fraction of sp³-hybridized carbons (Fsp3) is 0.419. The third-order valence-corrected chi connectivity index (χ3v) is 10.3. The zero-order chi connectivity index (χ0) is 28.3. The minimum atomic E-state index is -0.901. The number of benzene rings is 1. The topological polar surface area (TPSA) is 101 Å².